The molecule has 0 bridgehead atoms. The molecule has 0 spiro atoms. The number of carbonyl (C=O) groups excluding carboxylic acids is 1. The van der Waals surface area contributed by atoms with Crippen molar-refractivity contribution in [3.05, 3.63) is 36.2 Å². The number of likely N-dealkylation sites (N-methyl/N-ethyl adjacent to an activating group) is 1. The van der Waals surface area contributed by atoms with Gasteiger partial charge in [0.25, 0.3) is 5.91 Å². The van der Waals surface area contributed by atoms with Crippen molar-refractivity contribution in [2.24, 2.45) is 0 Å². The normalized spacial score (nSPS) is 15.8. The zero-order valence-corrected chi connectivity index (χ0v) is 8.60. The van der Waals surface area contributed by atoms with Gasteiger partial charge in [-0.1, -0.05) is 24.3 Å². The van der Waals surface area contributed by atoms with Gasteiger partial charge in [0, 0.05) is 37.1 Å². The maximum Gasteiger partial charge on any atom is 0.270 e. The number of rotatable bonds is 0. The molecular formula is C12H12N2O. The van der Waals surface area contributed by atoms with Crippen molar-refractivity contribution in [3.63, 3.8) is 0 Å². The maximum atomic E-state index is 12.0. The second-order valence-electron chi connectivity index (χ2n) is 3.99. The van der Waals surface area contributed by atoms with E-state index in [2.05, 4.69) is 10.8 Å². The van der Waals surface area contributed by atoms with E-state index in [1.165, 1.54) is 0 Å². The van der Waals surface area contributed by atoms with E-state index in [9.17, 15) is 4.79 Å². The number of amides is 1. The summed E-state index contributed by atoms with van der Waals surface area (Å²) in [5, 5.41) is 2.21. The number of aromatic nitrogens is 1. The minimum Gasteiger partial charge on any atom is -0.341 e. The number of benzene rings is 1. The van der Waals surface area contributed by atoms with Crippen molar-refractivity contribution < 1.29 is 4.79 Å². The van der Waals surface area contributed by atoms with Gasteiger partial charge in [-0.3, -0.25) is 4.79 Å². The van der Waals surface area contributed by atoms with Gasteiger partial charge >= 0.3 is 0 Å². The number of hydrogen-bond acceptors (Lipinski definition) is 1. The average molecular weight is 200 g/mol. The van der Waals surface area contributed by atoms with Crippen LogP contribution in [0.2, 0.25) is 0 Å². The van der Waals surface area contributed by atoms with Crippen LogP contribution in [0.1, 0.15) is 10.5 Å². The van der Waals surface area contributed by atoms with Crippen molar-refractivity contribution in [1.82, 2.24) is 9.47 Å². The molecule has 76 valence electrons. The smallest absolute Gasteiger partial charge is 0.270 e. The Morgan fingerprint density at radius 1 is 1.20 bits per heavy atom. The van der Waals surface area contributed by atoms with Crippen LogP contribution in [0.15, 0.2) is 30.5 Å². The first-order valence-electron chi connectivity index (χ1n) is 5.11. The van der Waals surface area contributed by atoms with Gasteiger partial charge in [-0.25, -0.2) is 0 Å². The summed E-state index contributed by atoms with van der Waals surface area (Å²) in [5.74, 6) is 0.127. The summed E-state index contributed by atoms with van der Waals surface area (Å²) >= 11 is 0. The zero-order chi connectivity index (χ0) is 10.4. The van der Waals surface area contributed by atoms with E-state index in [1.54, 1.807) is 4.90 Å². The summed E-state index contributed by atoms with van der Waals surface area (Å²) < 4.78 is 2.06. The van der Waals surface area contributed by atoms with Crippen LogP contribution in [0.5, 0.6) is 0 Å². The molecule has 0 aliphatic carbocycles. The van der Waals surface area contributed by atoms with E-state index in [0.29, 0.717) is 0 Å². The molecule has 2 aromatic rings. The van der Waals surface area contributed by atoms with Crippen LogP contribution in [-0.4, -0.2) is 29.0 Å². The Labute approximate surface area is 87.9 Å². The molecule has 3 nitrogen and oxygen atoms in total. The van der Waals surface area contributed by atoms with Crippen molar-refractivity contribution in [3.8, 4) is 0 Å². The van der Waals surface area contributed by atoms with Crippen LogP contribution in [0.25, 0.3) is 10.8 Å². The van der Waals surface area contributed by atoms with Gasteiger partial charge < -0.3 is 9.47 Å². The molecule has 0 saturated carbocycles. The fourth-order valence-corrected chi connectivity index (χ4v) is 2.17. The lowest BCUT2D eigenvalue weighted by atomic mass is 10.1. The molecule has 1 amide bonds. The third-order valence-corrected chi connectivity index (χ3v) is 3.02. The van der Waals surface area contributed by atoms with Gasteiger partial charge in [0.15, 0.2) is 0 Å². The summed E-state index contributed by atoms with van der Waals surface area (Å²) in [6.45, 7) is 1.69. The zero-order valence-electron chi connectivity index (χ0n) is 8.60. The highest BCUT2D eigenvalue weighted by Crippen LogP contribution is 2.24. The first-order chi connectivity index (χ1) is 7.27. The lowest BCUT2D eigenvalue weighted by Gasteiger charge is -2.24. The second-order valence-corrected chi connectivity index (χ2v) is 3.99. The summed E-state index contributed by atoms with van der Waals surface area (Å²) in [5.41, 5.74) is 0.833. The predicted molar refractivity (Wildman–Crippen MR) is 58.9 cm³/mol. The Morgan fingerprint density at radius 2 is 2.00 bits per heavy atom. The molecule has 1 aliphatic rings. The number of fused-ring (bicyclic) bond motifs is 3. The molecule has 1 aromatic heterocycles. The van der Waals surface area contributed by atoms with E-state index < -0.39 is 0 Å². The molecule has 0 saturated heterocycles. The van der Waals surface area contributed by atoms with E-state index in [-0.39, 0.29) is 5.91 Å². The quantitative estimate of drug-likeness (QED) is 0.635. The van der Waals surface area contributed by atoms with Crippen molar-refractivity contribution in [2.75, 3.05) is 13.6 Å². The fraction of sp³-hybridized carbons (Fsp3) is 0.250. The molecule has 0 unspecified atom stereocenters. The van der Waals surface area contributed by atoms with Crippen molar-refractivity contribution in [2.45, 2.75) is 6.54 Å². The molecule has 3 heteroatoms. The fourth-order valence-electron chi connectivity index (χ4n) is 2.17. The molecule has 15 heavy (non-hydrogen) atoms. The first kappa shape index (κ1) is 8.53. The van der Waals surface area contributed by atoms with Gasteiger partial charge in [0.05, 0.1) is 0 Å². The predicted octanol–water partition coefficient (Wildman–Crippen LogP) is 1.73. The van der Waals surface area contributed by atoms with Crippen LogP contribution in [0, 0.1) is 0 Å². The molecule has 0 radical (unpaired) electrons. The van der Waals surface area contributed by atoms with Gasteiger partial charge in [0.1, 0.15) is 5.69 Å². The molecule has 0 fully saturated rings. The average Bonchev–Trinajstić information content (AvgIpc) is 2.62. The highest BCUT2D eigenvalue weighted by Gasteiger charge is 2.23. The van der Waals surface area contributed by atoms with Crippen LogP contribution >= 0.6 is 0 Å². The maximum absolute atomic E-state index is 12.0. The summed E-state index contributed by atoms with van der Waals surface area (Å²) in [4.78, 5) is 13.8. The molecule has 1 aromatic carbocycles. The second kappa shape index (κ2) is 2.86. The highest BCUT2D eigenvalue weighted by atomic mass is 16.2. The van der Waals surface area contributed by atoms with E-state index in [0.717, 1.165) is 29.6 Å². The minimum absolute atomic E-state index is 0.127. The number of nitrogens with zero attached hydrogens (tertiary/aromatic N) is 2. The van der Waals surface area contributed by atoms with Gasteiger partial charge in [-0.15, -0.1) is 0 Å². The van der Waals surface area contributed by atoms with E-state index in [4.69, 9.17) is 0 Å². The standard InChI is InChI=1S/C12H12N2O/c1-13-6-7-14-8-9-4-2-3-5-10(9)11(14)12(13)15/h2-5,8H,6-7H2,1H3. The lowest BCUT2D eigenvalue weighted by Crippen LogP contribution is -2.36. The molecule has 3 rings (SSSR count). The van der Waals surface area contributed by atoms with Crippen molar-refractivity contribution >= 4 is 16.7 Å². The third-order valence-electron chi connectivity index (χ3n) is 3.02. The molecular weight excluding hydrogens is 188 g/mol. The minimum atomic E-state index is 0.127. The molecule has 2 heterocycles. The Kier molecular flexibility index (Phi) is 1.63. The van der Waals surface area contributed by atoms with E-state index >= 15 is 0 Å². The van der Waals surface area contributed by atoms with Crippen LogP contribution in [-0.2, 0) is 6.54 Å². The SMILES string of the molecule is CN1CCn2cc3ccccc3c2C1=O. The van der Waals surface area contributed by atoms with Gasteiger partial charge in [-0.2, -0.15) is 0 Å². The summed E-state index contributed by atoms with van der Waals surface area (Å²) in [6.07, 6.45) is 2.07. The number of carbonyl (C=O) groups is 1. The van der Waals surface area contributed by atoms with Crippen LogP contribution in [0.3, 0.4) is 0 Å². The summed E-state index contributed by atoms with van der Waals surface area (Å²) in [6, 6.07) is 8.04. The Bertz CT molecular complexity index is 542. The van der Waals surface area contributed by atoms with Crippen molar-refractivity contribution in [1.29, 1.82) is 0 Å². The van der Waals surface area contributed by atoms with Crippen LogP contribution < -0.4 is 0 Å². The Balaban J connectivity index is 2.34. The molecule has 1 aliphatic heterocycles. The first-order valence-corrected chi connectivity index (χ1v) is 5.11. The largest absolute Gasteiger partial charge is 0.341 e. The monoisotopic (exact) mass is 200 g/mol. The molecule has 0 N–H and O–H groups in total. The van der Waals surface area contributed by atoms with Crippen LogP contribution in [0.4, 0.5) is 0 Å². The highest BCUT2D eigenvalue weighted by molar-refractivity contribution is 6.06. The van der Waals surface area contributed by atoms with Gasteiger partial charge in [-0.05, 0) is 0 Å². The topological polar surface area (TPSA) is 25.2 Å². The summed E-state index contributed by atoms with van der Waals surface area (Å²) in [7, 11) is 1.85. The lowest BCUT2D eigenvalue weighted by molar-refractivity contribution is 0.0752. The number of hydrogen-bond donors (Lipinski definition) is 0. The molecule has 0 atom stereocenters. The van der Waals surface area contributed by atoms with Gasteiger partial charge in [0.2, 0.25) is 0 Å². The van der Waals surface area contributed by atoms with E-state index in [1.807, 2.05) is 31.3 Å². The Hall–Kier alpha value is -1.77. The third kappa shape index (κ3) is 1.09. The Morgan fingerprint density at radius 3 is 2.87 bits per heavy atom.